The molecule has 0 aliphatic carbocycles. The third kappa shape index (κ3) is 4.05. The van der Waals surface area contributed by atoms with Crippen molar-refractivity contribution < 1.29 is 9.18 Å². The summed E-state index contributed by atoms with van der Waals surface area (Å²) < 4.78 is 13.4. The molecule has 0 fully saturated rings. The Morgan fingerprint density at radius 2 is 1.80 bits per heavy atom. The van der Waals surface area contributed by atoms with Gasteiger partial charge in [-0.1, -0.05) is 41.9 Å². The van der Waals surface area contributed by atoms with Gasteiger partial charge in [0.25, 0.3) is 0 Å². The Balaban J connectivity index is 1.82. The van der Waals surface area contributed by atoms with Gasteiger partial charge in [0.2, 0.25) is 5.91 Å². The summed E-state index contributed by atoms with van der Waals surface area (Å²) in [6.07, 6.45) is 0. The Labute approximate surface area is 121 Å². The molecule has 0 spiro atoms. The molecular formula is C15H14ClFN2O. The van der Waals surface area contributed by atoms with E-state index in [0.717, 1.165) is 0 Å². The zero-order valence-electron chi connectivity index (χ0n) is 10.7. The number of amides is 1. The maximum atomic E-state index is 13.4. The fraction of sp³-hybridized carbons (Fsp3) is 0.133. The van der Waals surface area contributed by atoms with Crippen molar-refractivity contribution in [3.05, 3.63) is 64.9 Å². The molecule has 0 aliphatic rings. The number of carbonyl (C=O) groups is 1. The standard InChI is InChI=1S/C15H14ClFN2O/c16-12-6-2-4-8-14(12)19-15(20)10-18-9-11-5-1-3-7-13(11)17/h1-8,18H,9-10H2,(H,19,20). The zero-order valence-corrected chi connectivity index (χ0v) is 11.5. The summed E-state index contributed by atoms with van der Waals surface area (Å²) in [5.41, 5.74) is 1.09. The highest BCUT2D eigenvalue weighted by atomic mass is 35.5. The Hall–Kier alpha value is -1.91. The van der Waals surface area contributed by atoms with E-state index < -0.39 is 0 Å². The average molecular weight is 293 g/mol. The van der Waals surface area contributed by atoms with Crippen LogP contribution in [0.4, 0.5) is 10.1 Å². The van der Waals surface area contributed by atoms with Crippen LogP contribution >= 0.6 is 11.6 Å². The van der Waals surface area contributed by atoms with Crippen LogP contribution in [0.1, 0.15) is 5.56 Å². The second-order valence-electron chi connectivity index (χ2n) is 4.22. The summed E-state index contributed by atoms with van der Waals surface area (Å²) in [6, 6.07) is 13.4. The van der Waals surface area contributed by atoms with E-state index >= 15 is 0 Å². The number of nitrogens with one attached hydrogen (secondary N) is 2. The van der Waals surface area contributed by atoms with Crippen molar-refractivity contribution >= 4 is 23.2 Å². The first kappa shape index (κ1) is 14.5. The summed E-state index contributed by atoms with van der Waals surface area (Å²) >= 11 is 5.93. The Morgan fingerprint density at radius 1 is 1.10 bits per heavy atom. The van der Waals surface area contributed by atoms with E-state index in [1.807, 2.05) is 0 Å². The molecule has 0 heterocycles. The molecule has 2 aromatic carbocycles. The van der Waals surface area contributed by atoms with E-state index in [1.165, 1.54) is 6.07 Å². The van der Waals surface area contributed by atoms with Crippen molar-refractivity contribution in [2.45, 2.75) is 6.54 Å². The van der Waals surface area contributed by atoms with Gasteiger partial charge in [-0.3, -0.25) is 4.79 Å². The second kappa shape index (κ2) is 7.03. The number of anilines is 1. The summed E-state index contributed by atoms with van der Waals surface area (Å²) in [7, 11) is 0. The molecule has 20 heavy (non-hydrogen) atoms. The number of hydrogen-bond donors (Lipinski definition) is 2. The van der Waals surface area contributed by atoms with Crippen LogP contribution in [0.3, 0.4) is 0 Å². The summed E-state index contributed by atoms with van der Waals surface area (Å²) in [4.78, 5) is 11.7. The maximum absolute atomic E-state index is 13.4. The second-order valence-corrected chi connectivity index (χ2v) is 4.63. The van der Waals surface area contributed by atoms with Crippen molar-refractivity contribution in [2.75, 3.05) is 11.9 Å². The first-order chi connectivity index (χ1) is 9.66. The number of hydrogen-bond acceptors (Lipinski definition) is 2. The quantitative estimate of drug-likeness (QED) is 0.888. The fourth-order valence-electron chi connectivity index (χ4n) is 1.71. The minimum absolute atomic E-state index is 0.0829. The minimum atomic E-state index is -0.286. The third-order valence-corrected chi connectivity index (χ3v) is 3.04. The molecule has 104 valence electrons. The van der Waals surface area contributed by atoms with Gasteiger partial charge < -0.3 is 10.6 Å². The predicted octanol–water partition coefficient (Wildman–Crippen LogP) is 3.21. The van der Waals surface area contributed by atoms with Crippen LogP contribution in [0.2, 0.25) is 5.02 Å². The highest BCUT2D eigenvalue weighted by molar-refractivity contribution is 6.33. The van der Waals surface area contributed by atoms with Gasteiger partial charge in [-0.15, -0.1) is 0 Å². The summed E-state index contributed by atoms with van der Waals surface area (Å²) in [5, 5.41) is 6.05. The normalized spacial score (nSPS) is 10.3. The lowest BCUT2D eigenvalue weighted by Crippen LogP contribution is -2.28. The lowest BCUT2D eigenvalue weighted by atomic mass is 10.2. The number of benzene rings is 2. The molecule has 1 amide bonds. The van der Waals surface area contributed by atoms with Crippen LogP contribution in [0, 0.1) is 5.82 Å². The average Bonchev–Trinajstić information content (AvgIpc) is 2.43. The van der Waals surface area contributed by atoms with Gasteiger partial charge in [0.15, 0.2) is 0 Å². The van der Waals surface area contributed by atoms with Crippen LogP contribution < -0.4 is 10.6 Å². The van der Waals surface area contributed by atoms with E-state index in [0.29, 0.717) is 22.8 Å². The van der Waals surface area contributed by atoms with Crippen LogP contribution in [-0.2, 0) is 11.3 Å². The van der Waals surface area contributed by atoms with E-state index in [1.54, 1.807) is 42.5 Å². The first-order valence-corrected chi connectivity index (χ1v) is 6.53. The first-order valence-electron chi connectivity index (χ1n) is 6.15. The molecule has 2 aromatic rings. The molecule has 2 N–H and O–H groups in total. The van der Waals surface area contributed by atoms with Gasteiger partial charge in [-0.2, -0.15) is 0 Å². The van der Waals surface area contributed by atoms with Gasteiger partial charge in [0, 0.05) is 12.1 Å². The molecule has 2 rings (SSSR count). The third-order valence-electron chi connectivity index (χ3n) is 2.71. The van der Waals surface area contributed by atoms with Gasteiger partial charge in [0.05, 0.1) is 17.3 Å². The number of rotatable bonds is 5. The lowest BCUT2D eigenvalue weighted by molar-refractivity contribution is -0.115. The molecule has 0 atom stereocenters. The van der Waals surface area contributed by atoms with Gasteiger partial charge in [-0.25, -0.2) is 4.39 Å². The largest absolute Gasteiger partial charge is 0.324 e. The molecule has 3 nitrogen and oxygen atoms in total. The van der Waals surface area contributed by atoms with E-state index in [9.17, 15) is 9.18 Å². The molecule has 0 aromatic heterocycles. The van der Waals surface area contributed by atoms with E-state index in [-0.39, 0.29) is 18.3 Å². The van der Waals surface area contributed by atoms with Crippen molar-refractivity contribution in [3.63, 3.8) is 0 Å². The Bertz CT molecular complexity index is 604. The van der Waals surface area contributed by atoms with Gasteiger partial charge >= 0.3 is 0 Å². The number of carbonyl (C=O) groups excluding carboxylic acids is 1. The molecule has 0 aliphatic heterocycles. The molecule has 5 heteroatoms. The Morgan fingerprint density at radius 3 is 2.55 bits per heavy atom. The monoisotopic (exact) mass is 292 g/mol. The molecular weight excluding hydrogens is 279 g/mol. The molecule has 0 radical (unpaired) electrons. The van der Waals surface area contributed by atoms with Crippen LogP contribution in [0.5, 0.6) is 0 Å². The zero-order chi connectivity index (χ0) is 14.4. The topological polar surface area (TPSA) is 41.1 Å². The predicted molar refractivity (Wildman–Crippen MR) is 78.2 cm³/mol. The highest BCUT2D eigenvalue weighted by Crippen LogP contribution is 2.19. The molecule has 0 saturated heterocycles. The van der Waals surface area contributed by atoms with Gasteiger partial charge in [-0.05, 0) is 18.2 Å². The Kier molecular flexibility index (Phi) is 5.09. The number of halogens is 2. The molecule has 0 bridgehead atoms. The van der Waals surface area contributed by atoms with E-state index in [4.69, 9.17) is 11.6 Å². The van der Waals surface area contributed by atoms with Crippen LogP contribution in [0.25, 0.3) is 0 Å². The summed E-state index contributed by atoms with van der Waals surface area (Å²) in [6.45, 7) is 0.377. The van der Waals surface area contributed by atoms with Crippen LogP contribution in [-0.4, -0.2) is 12.5 Å². The van der Waals surface area contributed by atoms with Crippen molar-refractivity contribution in [1.29, 1.82) is 0 Å². The van der Waals surface area contributed by atoms with Gasteiger partial charge in [0.1, 0.15) is 5.82 Å². The van der Waals surface area contributed by atoms with Crippen molar-refractivity contribution in [1.82, 2.24) is 5.32 Å². The molecule has 0 unspecified atom stereocenters. The van der Waals surface area contributed by atoms with Crippen molar-refractivity contribution in [3.8, 4) is 0 Å². The van der Waals surface area contributed by atoms with Crippen molar-refractivity contribution in [2.24, 2.45) is 0 Å². The number of para-hydroxylation sites is 1. The highest BCUT2D eigenvalue weighted by Gasteiger charge is 2.05. The summed E-state index contributed by atoms with van der Waals surface area (Å²) in [5.74, 6) is -0.513. The SMILES string of the molecule is O=C(CNCc1ccccc1F)Nc1ccccc1Cl. The van der Waals surface area contributed by atoms with E-state index in [2.05, 4.69) is 10.6 Å². The lowest BCUT2D eigenvalue weighted by Gasteiger charge is -2.08. The smallest absolute Gasteiger partial charge is 0.238 e. The maximum Gasteiger partial charge on any atom is 0.238 e. The van der Waals surface area contributed by atoms with Crippen LogP contribution in [0.15, 0.2) is 48.5 Å². The fourth-order valence-corrected chi connectivity index (χ4v) is 1.89. The minimum Gasteiger partial charge on any atom is -0.324 e. The molecule has 0 saturated carbocycles.